The molecule has 15 heavy (non-hydrogen) atoms. The van der Waals surface area contributed by atoms with E-state index in [1.807, 2.05) is 0 Å². The lowest BCUT2D eigenvalue weighted by atomic mass is 9.95. The highest BCUT2D eigenvalue weighted by Gasteiger charge is 2.10. The van der Waals surface area contributed by atoms with Crippen LogP contribution < -0.4 is 5.32 Å². The molecule has 1 N–H and O–H groups in total. The van der Waals surface area contributed by atoms with Crippen LogP contribution in [0.2, 0.25) is 0 Å². The summed E-state index contributed by atoms with van der Waals surface area (Å²) in [5.41, 5.74) is 5.36. The fraction of sp³-hybridized carbons (Fsp3) is 0.429. The lowest BCUT2D eigenvalue weighted by molar-refractivity contribution is 0.616. The minimum atomic E-state index is 0.321. The van der Waals surface area contributed by atoms with Crippen LogP contribution in [0.5, 0.6) is 0 Å². The Hall–Kier alpha value is -1.26. The molecule has 0 bridgehead atoms. The maximum atomic E-state index is 5.24. The second kappa shape index (κ2) is 5.00. The third-order valence-electron chi connectivity index (χ3n) is 2.68. The van der Waals surface area contributed by atoms with E-state index in [-0.39, 0.29) is 0 Å². The number of hydrogen-bond donors (Lipinski definition) is 1. The van der Waals surface area contributed by atoms with E-state index in [0.717, 1.165) is 0 Å². The summed E-state index contributed by atoms with van der Waals surface area (Å²) in [6, 6.07) is 4.76. The zero-order chi connectivity index (χ0) is 11.4. The molecule has 80 valence electrons. The van der Waals surface area contributed by atoms with E-state index in [1.54, 1.807) is 0 Å². The van der Waals surface area contributed by atoms with Crippen LogP contribution in [0.1, 0.15) is 35.2 Å². The van der Waals surface area contributed by atoms with E-state index in [2.05, 4.69) is 51.1 Å². The first-order chi connectivity index (χ1) is 7.06. The second-order valence-electron chi connectivity index (χ2n) is 4.12. The smallest absolute Gasteiger partial charge is 0.0578 e. The largest absolute Gasteiger partial charge is 0.300 e. The molecule has 1 atom stereocenters. The van der Waals surface area contributed by atoms with Crippen molar-refractivity contribution < 1.29 is 0 Å². The molecule has 0 saturated heterocycles. The lowest BCUT2D eigenvalue weighted by Crippen LogP contribution is -2.20. The average Bonchev–Trinajstić information content (AvgIpc) is 2.12. The molecule has 0 spiro atoms. The Labute approximate surface area is 92.9 Å². The lowest BCUT2D eigenvalue weighted by Gasteiger charge is -2.18. The number of benzene rings is 1. The number of hydrogen-bond acceptors (Lipinski definition) is 1. The van der Waals surface area contributed by atoms with Crippen LogP contribution in [-0.4, -0.2) is 6.54 Å². The summed E-state index contributed by atoms with van der Waals surface area (Å²) in [5, 5.41) is 3.31. The molecule has 0 saturated carbocycles. The molecule has 1 nitrogen and oxygen atoms in total. The van der Waals surface area contributed by atoms with E-state index >= 15 is 0 Å². The van der Waals surface area contributed by atoms with Gasteiger partial charge in [0.05, 0.1) is 6.54 Å². The van der Waals surface area contributed by atoms with Gasteiger partial charge in [0.25, 0.3) is 0 Å². The SMILES string of the molecule is C#CCNC(C)c1c(C)cc(C)cc1C. The van der Waals surface area contributed by atoms with Gasteiger partial charge in [-0.15, -0.1) is 6.42 Å². The third-order valence-corrected chi connectivity index (χ3v) is 2.68. The average molecular weight is 201 g/mol. The summed E-state index contributed by atoms with van der Waals surface area (Å²) in [6.45, 7) is 9.21. The first kappa shape index (κ1) is 11.8. The molecule has 1 aromatic carbocycles. The van der Waals surface area contributed by atoms with Gasteiger partial charge in [0.1, 0.15) is 0 Å². The number of nitrogens with one attached hydrogen (secondary N) is 1. The van der Waals surface area contributed by atoms with Gasteiger partial charge in [-0.1, -0.05) is 23.6 Å². The third kappa shape index (κ3) is 2.84. The molecule has 1 rings (SSSR count). The van der Waals surface area contributed by atoms with E-state index in [0.29, 0.717) is 12.6 Å². The van der Waals surface area contributed by atoms with Crippen molar-refractivity contribution in [3.05, 3.63) is 34.4 Å². The van der Waals surface area contributed by atoms with Crippen LogP contribution in [-0.2, 0) is 0 Å². The van der Waals surface area contributed by atoms with Gasteiger partial charge in [0.15, 0.2) is 0 Å². The van der Waals surface area contributed by atoms with Gasteiger partial charge in [-0.25, -0.2) is 0 Å². The normalized spacial score (nSPS) is 12.2. The van der Waals surface area contributed by atoms with Crippen LogP contribution in [0.25, 0.3) is 0 Å². The standard InChI is InChI=1S/C14H19N/c1-6-7-15-13(5)14-11(3)8-10(2)9-12(14)4/h1,8-9,13,15H,7H2,2-5H3. The Bertz CT molecular complexity index is 362. The Morgan fingerprint density at radius 2 is 1.80 bits per heavy atom. The minimum Gasteiger partial charge on any atom is -0.300 e. The van der Waals surface area contributed by atoms with Crippen molar-refractivity contribution in [3.8, 4) is 12.3 Å². The Balaban J connectivity index is 2.99. The summed E-state index contributed by atoms with van der Waals surface area (Å²) in [6.07, 6.45) is 5.24. The Kier molecular flexibility index (Phi) is 3.94. The summed E-state index contributed by atoms with van der Waals surface area (Å²) in [5.74, 6) is 2.61. The minimum absolute atomic E-state index is 0.321. The Morgan fingerprint density at radius 3 is 2.27 bits per heavy atom. The molecule has 0 aliphatic carbocycles. The first-order valence-electron chi connectivity index (χ1n) is 5.31. The molecule has 0 amide bonds. The predicted octanol–water partition coefficient (Wildman–Crippen LogP) is 2.90. The van der Waals surface area contributed by atoms with Gasteiger partial charge >= 0.3 is 0 Å². The van der Waals surface area contributed by atoms with Crippen LogP contribution in [0.4, 0.5) is 0 Å². The van der Waals surface area contributed by atoms with Gasteiger partial charge in [-0.05, 0) is 44.4 Å². The van der Waals surface area contributed by atoms with Crippen LogP contribution in [0.15, 0.2) is 12.1 Å². The molecular formula is C14H19N. The molecule has 0 heterocycles. The van der Waals surface area contributed by atoms with Gasteiger partial charge in [0, 0.05) is 6.04 Å². The first-order valence-corrected chi connectivity index (χ1v) is 5.31. The number of aryl methyl sites for hydroxylation is 3. The fourth-order valence-corrected chi connectivity index (χ4v) is 2.19. The van der Waals surface area contributed by atoms with Crippen molar-refractivity contribution in [2.75, 3.05) is 6.54 Å². The van der Waals surface area contributed by atoms with E-state index < -0.39 is 0 Å². The van der Waals surface area contributed by atoms with Gasteiger partial charge in [0.2, 0.25) is 0 Å². The van der Waals surface area contributed by atoms with Crippen molar-refractivity contribution >= 4 is 0 Å². The second-order valence-corrected chi connectivity index (χ2v) is 4.12. The molecule has 1 heteroatoms. The molecule has 0 fully saturated rings. The summed E-state index contributed by atoms with van der Waals surface area (Å²) < 4.78 is 0. The van der Waals surface area contributed by atoms with Gasteiger partial charge in [-0.3, -0.25) is 5.32 Å². The number of rotatable bonds is 3. The van der Waals surface area contributed by atoms with Crippen molar-refractivity contribution in [2.24, 2.45) is 0 Å². The maximum absolute atomic E-state index is 5.24. The quantitative estimate of drug-likeness (QED) is 0.741. The molecule has 1 unspecified atom stereocenters. The van der Waals surface area contributed by atoms with E-state index in [9.17, 15) is 0 Å². The van der Waals surface area contributed by atoms with E-state index in [4.69, 9.17) is 6.42 Å². The molecule has 0 aliphatic heterocycles. The highest BCUT2D eigenvalue weighted by Crippen LogP contribution is 2.22. The van der Waals surface area contributed by atoms with Gasteiger partial charge < -0.3 is 0 Å². The van der Waals surface area contributed by atoms with Crippen molar-refractivity contribution in [2.45, 2.75) is 33.7 Å². The van der Waals surface area contributed by atoms with Gasteiger partial charge in [-0.2, -0.15) is 0 Å². The van der Waals surface area contributed by atoms with E-state index in [1.165, 1.54) is 22.3 Å². The topological polar surface area (TPSA) is 12.0 Å². The molecule has 0 aliphatic rings. The van der Waals surface area contributed by atoms with Crippen LogP contribution in [0.3, 0.4) is 0 Å². The fourth-order valence-electron chi connectivity index (χ4n) is 2.19. The van der Waals surface area contributed by atoms with Crippen molar-refractivity contribution in [3.63, 3.8) is 0 Å². The zero-order valence-electron chi connectivity index (χ0n) is 10.0. The summed E-state index contributed by atoms with van der Waals surface area (Å²) >= 11 is 0. The number of terminal acetylenes is 1. The molecular weight excluding hydrogens is 182 g/mol. The monoisotopic (exact) mass is 201 g/mol. The van der Waals surface area contributed by atoms with Crippen molar-refractivity contribution in [1.29, 1.82) is 0 Å². The highest BCUT2D eigenvalue weighted by atomic mass is 14.9. The molecule has 0 radical (unpaired) electrons. The summed E-state index contributed by atoms with van der Waals surface area (Å²) in [7, 11) is 0. The highest BCUT2D eigenvalue weighted by molar-refractivity contribution is 5.39. The Morgan fingerprint density at radius 1 is 1.27 bits per heavy atom. The van der Waals surface area contributed by atoms with Crippen LogP contribution >= 0.6 is 0 Å². The van der Waals surface area contributed by atoms with Crippen LogP contribution in [0, 0.1) is 33.1 Å². The maximum Gasteiger partial charge on any atom is 0.0578 e. The predicted molar refractivity (Wildman–Crippen MR) is 65.9 cm³/mol. The zero-order valence-corrected chi connectivity index (χ0v) is 10.0. The van der Waals surface area contributed by atoms with Crippen molar-refractivity contribution in [1.82, 2.24) is 5.32 Å². The molecule has 1 aromatic rings. The molecule has 0 aromatic heterocycles. The summed E-state index contributed by atoms with van der Waals surface area (Å²) in [4.78, 5) is 0.